The molecule has 0 fully saturated rings. The number of hydrogen-bond acceptors (Lipinski definition) is 2. The zero-order chi connectivity index (χ0) is 11.8. The van der Waals surface area contributed by atoms with E-state index in [-0.39, 0.29) is 6.61 Å². The fraction of sp³-hybridized carbons (Fsp3) is 0.571. The number of rotatable bonds is 7. The van der Waals surface area contributed by atoms with Crippen LogP contribution in [-0.2, 0) is 6.42 Å². The van der Waals surface area contributed by atoms with Crippen LogP contribution >= 0.6 is 0 Å². The number of aliphatic hydroxyl groups excluding tert-OH is 1. The first-order valence-corrected chi connectivity index (χ1v) is 6.08. The smallest absolute Gasteiger partial charge is 0.119 e. The molecule has 0 heterocycles. The Balaban J connectivity index is 2.37. The second-order valence-electron chi connectivity index (χ2n) is 4.32. The molecule has 0 spiro atoms. The molecule has 0 saturated carbocycles. The van der Waals surface area contributed by atoms with Crippen LogP contribution < -0.4 is 4.74 Å². The molecular formula is C14H22O2. The van der Waals surface area contributed by atoms with E-state index in [1.807, 2.05) is 24.3 Å². The van der Waals surface area contributed by atoms with Gasteiger partial charge in [-0.05, 0) is 36.5 Å². The lowest BCUT2D eigenvalue weighted by molar-refractivity contribution is 0.251. The van der Waals surface area contributed by atoms with Crippen LogP contribution in [0.25, 0.3) is 0 Å². The first kappa shape index (κ1) is 13.0. The molecule has 0 aliphatic carbocycles. The molecule has 2 nitrogen and oxygen atoms in total. The molecule has 0 aliphatic rings. The average Bonchev–Trinajstić information content (AvgIpc) is 2.29. The molecular weight excluding hydrogens is 200 g/mol. The Morgan fingerprint density at radius 1 is 1.25 bits per heavy atom. The summed E-state index contributed by atoms with van der Waals surface area (Å²) in [6, 6.07) is 7.97. The summed E-state index contributed by atoms with van der Waals surface area (Å²) in [5.41, 5.74) is 1.15. The van der Waals surface area contributed by atoms with Gasteiger partial charge in [0.15, 0.2) is 0 Å². The van der Waals surface area contributed by atoms with Crippen molar-refractivity contribution < 1.29 is 9.84 Å². The highest BCUT2D eigenvalue weighted by Gasteiger charge is 2.01. The molecule has 0 aromatic heterocycles. The Bertz CT molecular complexity index is 279. The van der Waals surface area contributed by atoms with E-state index in [9.17, 15) is 0 Å². The molecule has 16 heavy (non-hydrogen) atoms. The van der Waals surface area contributed by atoms with Crippen molar-refractivity contribution in [2.24, 2.45) is 5.92 Å². The van der Waals surface area contributed by atoms with E-state index in [0.717, 1.165) is 17.9 Å². The Kier molecular flexibility index (Phi) is 5.94. The molecule has 1 aromatic rings. The van der Waals surface area contributed by atoms with E-state index in [4.69, 9.17) is 9.84 Å². The van der Waals surface area contributed by atoms with E-state index < -0.39 is 0 Å². The second kappa shape index (κ2) is 7.29. The zero-order valence-electron chi connectivity index (χ0n) is 10.3. The van der Waals surface area contributed by atoms with E-state index in [1.165, 1.54) is 12.8 Å². The van der Waals surface area contributed by atoms with Gasteiger partial charge in [-0.1, -0.05) is 32.4 Å². The molecule has 2 heteroatoms. The van der Waals surface area contributed by atoms with Gasteiger partial charge >= 0.3 is 0 Å². The summed E-state index contributed by atoms with van der Waals surface area (Å²) in [4.78, 5) is 0. The summed E-state index contributed by atoms with van der Waals surface area (Å²) in [7, 11) is 0. The summed E-state index contributed by atoms with van der Waals surface area (Å²) >= 11 is 0. The van der Waals surface area contributed by atoms with Crippen molar-refractivity contribution in [2.75, 3.05) is 13.2 Å². The summed E-state index contributed by atoms with van der Waals surface area (Å²) in [5.74, 6) is 1.53. The van der Waals surface area contributed by atoms with Gasteiger partial charge in [-0.2, -0.15) is 0 Å². The van der Waals surface area contributed by atoms with Crippen molar-refractivity contribution in [1.29, 1.82) is 0 Å². The summed E-state index contributed by atoms with van der Waals surface area (Å²) in [6.45, 7) is 5.39. The van der Waals surface area contributed by atoms with Gasteiger partial charge in [0.05, 0.1) is 6.61 Å². The van der Waals surface area contributed by atoms with Crippen LogP contribution in [0.2, 0.25) is 0 Å². The van der Waals surface area contributed by atoms with Crippen LogP contribution in [0.3, 0.4) is 0 Å². The van der Waals surface area contributed by atoms with Gasteiger partial charge < -0.3 is 9.84 Å². The van der Waals surface area contributed by atoms with Crippen LogP contribution in [0.15, 0.2) is 24.3 Å². The predicted molar refractivity (Wildman–Crippen MR) is 66.8 cm³/mol. The first-order chi connectivity index (χ1) is 7.76. The summed E-state index contributed by atoms with van der Waals surface area (Å²) < 4.78 is 5.69. The highest BCUT2D eigenvalue weighted by molar-refractivity contribution is 5.27. The Morgan fingerprint density at radius 2 is 1.94 bits per heavy atom. The maximum Gasteiger partial charge on any atom is 0.119 e. The molecule has 1 N–H and O–H groups in total. The highest BCUT2D eigenvalue weighted by Crippen LogP contribution is 2.14. The maximum absolute atomic E-state index is 8.79. The van der Waals surface area contributed by atoms with Gasteiger partial charge in [0, 0.05) is 6.61 Å². The topological polar surface area (TPSA) is 29.5 Å². The number of hydrogen-bond donors (Lipinski definition) is 1. The molecule has 0 bridgehead atoms. The monoisotopic (exact) mass is 222 g/mol. The van der Waals surface area contributed by atoms with Crippen molar-refractivity contribution in [2.45, 2.75) is 33.1 Å². The van der Waals surface area contributed by atoms with Gasteiger partial charge in [-0.3, -0.25) is 0 Å². The third-order valence-corrected chi connectivity index (χ3v) is 2.64. The highest BCUT2D eigenvalue weighted by atomic mass is 16.5. The van der Waals surface area contributed by atoms with Gasteiger partial charge in [0.25, 0.3) is 0 Å². The SMILES string of the molecule is CCCC(C)COc1ccc(CCO)cc1. The largest absolute Gasteiger partial charge is 0.493 e. The Hall–Kier alpha value is -1.02. The van der Waals surface area contributed by atoms with Gasteiger partial charge in [0.2, 0.25) is 0 Å². The molecule has 1 atom stereocenters. The van der Waals surface area contributed by atoms with Crippen LogP contribution in [-0.4, -0.2) is 18.3 Å². The number of aliphatic hydroxyl groups is 1. The van der Waals surface area contributed by atoms with Crippen LogP contribution in [0, 0.1) is 5.92 Å². The zero-order valence-corrected chi connectivity index (χ0v) is 10.3. The lowest BCUT2D eigenvalue weighted by Gasteiger charge is -2.12. The third kappa shape index (κ3) is 4.67. The van der Waals surface area contributed by atoms with Crippen molar-refractivity contribution in [3.05, 3.63) is 29.8 Å². The molecule has 1 rings (SSSR count). The minimum atomic E-state index is 0.202. The lowest BCUT2D eigenvalue weighted by Crippen LogP contribution is -2.08. The average molecular weight is 222 g/mol. The molecule has 0 amide bonds. The van der Waals surface area contributed by atoms with Crippen molar-refractivity contribution in [3.63, 3.8) is 0 Å². The van der Waals surface area contributed by atoms with Gasteiger partial charge in [-0.25, -0.2) is 0 Å². The Morgan fingerprint density at radius 3 is 2.50 bits per heavy atom. The minimum Gasteiger partial charge on any atom is -0.493 e. The van der Waals surface area contributed by atoms with Crippen LogP contribution in [0.5, 0.6) is 5.75 Å². The van der Waals surface area contributed by atoms with E-state index in [2.05, 4.69) is 13.8 Å². The lowest BCUT2D eigenvalue weighted by atomic mass is 10.1. The molecule has 1 unspecified atom stereocenters. The van der Waals surface area contributed by atoms with Gasteiger partial charge in [0.1, 0.15) is 5.75 Å². The fourth-order valence-electron chi connectivity index (χ4n) is 1.70. The minimum absolute atomic E-state index is 0.202. The molecule has 0 aliphatic heterocycles. The molecule has 90 valence electrons. The standard InChI is InChI=1S/C14H22O2/c1-3-4-12(2)11-16-14-7-5-13(6-8-14)9-10-15/h5-8,12,15H,3-4,9-11H2,1-2H3. The van der Waals surface area contributed by atoms with E-state index in [1.54, 1.807) is 0 Å². The van der Waals surface area contributed by atoms with Crippen molar-refractivity contribution in [1.82, 2.24) is 0 Å². The normalized spacial score (nSPS) is 12.4. The number of benzene rings is 1. The number of ether oxygens (including phenoxy) is 1. The molecule has 0 saturated heterocycles. The van der Waals surface area contributed by atoms with Crippen LogP contribution in [0.1, 0.15) is 32.3 Å². The maximum atomic E-state index is 8.79. The summed E-state index contributed by atoms with van der Waals surface area (Å²) in [5, 5.41) is 8.79. The fourth-order valence-corrected chi connectivity index (χ4v) is 1.70. The summed E-state index contributed by atoms with van der Waals surface area (Å²) in [6.07, 6.45) is 3.13. The molecule has 1 aromatic carbocycles. The van der Waals surface area contributed by atoms with Crippen molar-refractivity contribution >= 4 is 0 Å². The Labute approximate surface area is 98.3 Å². The first-order valence-electron chi connectivity index (χ1n) is 6.08. The van der Waals surface area contributed by atoms with Crippen LogP contribution in [0.4, 0.5) is 0 Å². The third-order valence-electron chi connectivity index (χ3n) is 2.64. The quantitative estimate of drug-likeness (QED) is 0.768. The predicted octanol–water partition coefficient (Wildman–Crippen LogP) is 3.04. The van der Waals surface area contributed by atoms with Gasteiger partial charge in [-0.15, -0.1) is 0 Å². The van der Waals surface area contributed by atoms with E-state index in [0.29, 0.717) is 12.3 Å². The van der Waals surface area contributed by atoms with Crippen molar-refractivity contribution in [3.8, 4) is 5.75 Å². The second-order valence-corrected chi connectivity index (χ2v) is 4.32. The van der Waals surface area contributed by atoms with E-state index >= 15 is 0 Å². The molecule has 0 radical (unpaired) electrons.